The van der Waals surface area contributed by atoms with Crippen LogP contribution in [0.3, 0.4) is 0 Å². The van der Waals surface area contributed by atoms with Crippen LogP contribution in [0.4, 0.5) is 5.69 Å². The van der Waals surface area contributed by atoms with Gasteiger partial charge in [0.2, 0.25) is 0 Å². The van der Waals surface area contributed by atoms with Crippen LogP contribution in [0.5, 0.6) is 0 Å². The number of halogens is 4. The van der Waals surface area contributed by atoms with E-state index >= 15 is 0 Å². The van der Waals surface area contributed by atoms with Crippen LogP contribution in [0.25, 0.3) is 0 Å². The molecule has 0 aromatic heterocycles. The summed E-state index contributed by atoms with van der Waals surface area (Å²) in [4.78, 5) is 0. The normalized spacial score (nSPS) is 10.6. The van der Waals surface area contributed by atoms with Gasteiger partial charge in [0.15, 0.2) is 0 Å². The van der Waals surface area contributed by atoms with Gasteiger partial charge in [0.1, 0.15) is 0 Å². The molecule has 0 bridgehead atoms. The van der Waals surface area contributed by atoms with Crippen LogP contribution >= 0.6 is 50.7 Å². The topological polar surface area (TPSA) is 12.0 Å². The van der Waals surface area contributed by atoms with Gasteiger partial charge in [-0.3, -0.25) is 0 Å². The summed E-state index contributed by atoms with van der Waals surface area (Å²) in [5.41, 5.74) is 2.97. The highest BCUT2D eigenvalue weighted by Crippen LogP contribution is 2.32. The van der Waals surface area contributed by atoms with Gasteiger partial charge in [-0.15, -0.1) is 0 Å². The van der Waals surface area contributed by atoms with E-state index in [-0.39, 0.29) is 0 Å². The fourth-order valence-electron chi connectivity index (χ4n) is 1.68. The minimum atomic E-state index is 0.496. The van der Waals surface area contributed by atoms with E-state index in [0.29, 0.717) is 21.6 Å². The lowest BCUT2D eigenvalue weighted by molar-refractivity contribution is 1.15. The zero-order valence-corrected chi connectivity index (χ0v) is 14.0. The zero-order chi connectivity index (χ0) is 14.0. The summed E-state index contributed by atoms with van der Waals surface area (Å²) in [6.07, 6.45) is 0. The van der Waals surface area contributed by atoms with Crippen LogP contribution in [0.2, 0.25) is 15.1 Å². The number of nitrogens with one attached hydrogen (secondary N) is 1. The molecule has 0 fully saturated rings. The Bertz CT molecular complexity index is 614. The number of anilines is 1. The molecule has 0 radical (unpaired) electrons. The summed E-state index contributed by atoms with van der Waals surface area (Å²) in [5.74, 6) is 0. The van der Waals surface area contributed by atoms with E-state index in [9.17, 15) is 0 Å². The van der Waals surface area contributed by atoms with Crippen LogP contribution in [-0.4, -0.2) is 0 Å². The van der Waals surface area contributed by atoms with Crippen LogP contribution in [0.15, 0.2) is 34.8 Å². The SMILES string of the molecule is Cc1cc(NCc2c(Cl)ccc(Cl)c2Cl)ccc1Br. The van der Waals surface area contributed by atoms with Crippen LogP contribution in [0, 0.1) is 6.92 Å². The summed E-state index contributed by atoms with van der Waals surface area (Å²) in [6, 6.07) is 9.48. The molecular formula is C14H11BrCl3N. The van der Waals surface area contributed by atoms with Crippen LogP contribution in [0.1, 0.15) is 11.1 Å². The van der Waals surface area contributed by atoms with Gasteiger partial charge >= 0.3 is 0 Å². The van der Waals surface area contributed by atoms with E-state index < -0.39 is 0 Å². The molecule has 0 heterocycles. The summed E-state index contributed by atoms with van der Waals surface area (Å²) >= 11 is 21.8. The number of aryl methyl sites for hydroxylation is 1. The highest BCUT2D eigenvalue weighted by molar-refractivity contribution is 9.10. The van der Waals surface area contributed by atoms with Crippen molar-refractivity contribution >= 4 is 56.4 Å². The molecule has 2 rings (SSSR count). The van der Waals surface area contributed by atoms with Gasteiger partial charge in [-0.2, -0.15) is 0 Å². The van der Waals surface area contributed by atoms with E-state index in [0.717, 1.165) is 21.3 Å². The van der Waals surface area contributed by atoms with Crippen molar-refractivity contribution in [1.29, 1.82) is 0 Å². The molecule has 19 heavy (non-hydrogen) atoms. The van der Waals surface area contributed by atoms with Gasteiger partial charge in [-0.1, -0.05) is 50.7 Å². The second-order valence-electron chi connectivity index (χ2n) is 4.14. The third kappa shape index (κ3) is 3.57. The average Bonchev–Trinajstić information content (AvgIpc) is 2.38. The number of rotatable bonds is 3. The van der Waals surface area contributed by atoms with Gasteiger partial charge in [0.05, 0.1) is 10.0 Å². The Morgan fingerprint density at radius 2 is 1.74 bits per heavy atom. The molecule has 5 heteroatoms. The monoisotopic (exact) mass is 377 g/mol. The van der Waals surface area contributed by atoms with Crippen LogP contribution in [-0.2, 0) is 6.54 Å². The van der Waals surface area contributed by atoms with Gasteiger partial charge < -0.3 is 5.32 Å². The molecule has 0 unspecified atom stereocenters. The Labute approximate surface area is 136 Å². The van der Waals surface area contributed by atoms with Crippen molar-refractivity contribution in [2.75, 3.05) is 5.32 Å². The van der Waals surface area contributed by atoms with Crippen molar-refractivity contribution in [2.45, 2.75) is 13.5 Å². The Hall–Kier alpha value is -0.410. The third-order valence-electron chi connectivity index (χ3n) is 2.77. The Kier molecular flexibility index (Phi) is 5.02. The minimum absolute atomic E-state index is 0.496. The van der Waals surface area contributed by atoms with Gasteiger partial charge in [0, 0.05) is 27.3 Å². The molecule has 0 atom stereocenters. The number of hydrogen-bond donors (Lipinski definition) is 1. The lowest BCUT2D eigenvalue weighted by Gasteiger charge is -2.12. The predicted molar refractivity (Wildman–Crippen MR) is 87.7 cm³/mol. The van der Waals surface area contributed by atoms with Gasteiger partial charge in [-0.25, -0.2) is 0 Å². The fraction of sp³-hybridized carbons (Fsp3) is 0.143. The highest BCUT2D eigenvalue weighted by Gasteiger charge is 2.09. The van der Waals surface area contributed by atoms with Gasteiger partial charge in [0.25, 0.3) is 0 Å². The summed E-state index contributed by atoms with van der Waals surface area (Å²) in [5, 5.41) is 4.90. The van der Waals surface area contributed by atoms with Crippen molar-refractivity contribution in [2.24, 2.45) is 0 Å². The first-order valence-electron chi connectivity index (χ1n) is 5.61. The summed E-state index contributed by atoms with van der Waals surface area (Å²) < 4.78 is 1.08. The maximum atomic E-state index is 6.16. The maximum absolute atomic E-state index is 6.16. The molecule has 0 saturated carbocycles. The van der Waals surface area contributed by atoms with E-state index in [4.69, 9.17) is 34.8 Å². The van der Waals surface area contributed by atoms with E-state index in [1.165, 1.54) is 0 Å². The quantitative estimate of drug-likeness (QED) is 0.615. The minimum Gasteiger partial charge on any atom is -0.381 e. The Balaban J connectivity index is 2.19. The van der Waals surface area contributed by atoms with Crippen molar-refractivity contribution in [1.82, 2.24) is 0 Å². The standard InChI is InChI=1S/C14H11BrCl3N/c1-8-6-9(2-3-11(8)15)19-7-10-12(16)4-5-13(17)14(10)18/h2-6,19H,7H2,1H3. The average molecular weight is 380 g/mol. The van der Waals surface area contributed by atoms with E-state index in [1.807, 2.05) is 19.1 Å². The summed E-state index contributed by atoms with van der Waals surface area (Å²) in [7, 11) is 0. The molecule has 100 valence electrons. The molecule has 0 spiro atoms. The second-order valence-corrected chi connectivity index (χ2v) is 6.19. The smallest absolute Gasteiger partial charge is 0.0657 e. The zero-order valence-electron chi connectivity index (χ0n) is 10.1. The highest BCUT2D eigenvalue weighted by atomic mass is 79.9. The van der Waals surface area contributed by atoms with Crippen molar-refractivity contribution in [3.8, 4) is 0 Å². The molecule has 0 saturated heterocycles. The summed E-state index contributed by atoms with van der Waals surface area (Å²) in [6.45, 7) is 2.56. The molecule has 2 aromatic carbocycles. The molecule has 0 aliphatic rings. The lowest BCUT2D eigenvalue weighted by atomic mass is 10.2. The lowest BCUT2D eigenvalue weighted by Crippen LogP contribution is -2.01. The number of benzene rings is 2. The molecule has 1 nitrogen and oxygen atoms in total. The van der Waals surface area contributed by atoms with Crippen LogP contribution < -0.4 is 5.32 Å². The largest absolute Gasteiger partial charge is 0.381 e. The molecule has 1 N–H and O–H groups in total. The first-order chi connectivity index (χ1) is 8.99. The Morgan fingerprint density at radius 1 is 1.05 bits per heavy atom. The van der Waals surface area contributed by atoms with E-state index in [2.05, 4.69) is 27.3 Å². The Morgan fingerprint density at radius 3 is 2.42 bits per heavy atom. The fourth-order valence-corrected chi connectivity index (χ4v) is 2.60. The molecule has 0 aliphatic carbocycles. The predicted octanol–water partition coefficient (Wildman–Crippen LogP) is 6.33. The molecule has 2 aromatic rings. The van der Waals surface area contributed by atoms with Crippen molar-refractivity contribution < 1.29 is 0 Å². The van der Waals surface area contributed by atoms with Crippen molar-refractivity contribution in [3.05, 3.63) is 61.0 Å². The first-order valence-corrected chi connectivity index (χ1v) is 7.54. The molecule has 0 aliphatic heterocycles. The first kappa shape index (κ1) is 15.0. The second kappa shape index (κ2) is 6.36. The molecular weight excluding hydrogens is 368 g/mol. The van der Waals surface area contributed by atoms with E-state index in [1.54, 1.807) is 12.1 Å². The maximum Gasteiger partial charge on any atom is 0.0657 e. The van der Waals surface area contributed by atoms with Crippen molar-refractivity contribution in [3.63, 3.8) is 0 Å². The third-order valence-corrected chi connectivity index (χ3v) is 4.85. The molecule has 0 amide bonds. The number of hydrogen-bond acceptors (Lipinski definition) is 1. The van der Waals surface area contributed by atoms with Gasteiger partial charge in [-0.05, 0) is 42.8 Å².